The first-order valence-corrected chi connectivity index (χ1v) is 5.26. The van der Waals surface area contributed by atoms with Crippen molar-refractivity contribution in [2.45, 2.75) is 25.9 Å². The van der Waals surface area contributed by atoms with Crippen molar-refractivity contribution < 1.29 is 19.4 Å². The van der Waals surface area contributed by atoms with Gasteiger partial charge in [-0.05, 0) is 6.42 Å². The van der Waals surface area contributed by atoms with Crippen LogP contribution in [-0.4, -0.2) is 37.0 Å². The highest BCUT2D eigenvalue weighted by atomic mass is 16.5. The van der Waals surface area contributed by atoms with Crippen LogP contribution in [0.25, 0.3) is 0 Å². The lowest BCUT2D eigenvalue weighted by Gasteiger charge is -2.23. The van der Waals surface area contributed by atoms with Crippen molar-refractivity contribution in [3.8, 4) is 0 Å². The second-order valence-corrected chi connectivity index (χ2v) is 3.66. The minimum atomic E-state index is -0.242. The first kappa shape index (κ1) is 12.2. The van der Waals surface area contributed by atoms with E-state index < -0.39 is 0 Å². The second-order valence-electron chi connectivity index (χ2n) is 3.66. The average molecular weight is 214 g/mol. The van der Waals surface area contributed by atoms with Crippen LogP contribution >= 0.6 is 0 Å². The van der Waals surface area contributed by atoms with E-state index in [2.05, 4.69) is 6.08 Å². The Morgan fingerprint density at radius 1 is 1.53 bits per heavy atom. The molecule has 0 bridgehead atoms. The number of hydrogen-bond donors (Lipinski definition) is 1. The molecule has 86 valence electrons. The van der Waals surface area contributed by atoms with Gasteiger partial charge in [-0.3, -0.25) is 4.79 Å². The molecule has 0 saturated heterocycles. The average Bonchev–Trinajstić information content (AvgIpc) is 2.20. The zero-order valence-electron chi connectivity index (χ0n) is 9.02. The summed E-state index contributed by atoms with van der Waals surface area (Å²) in [6.45, 7) is 2.64. The molecule has 0 aliphatic carbocycles. The molecule has 0 aromatic rings. The quantitative estimate of drug-likeness (QED) is 0.545. The molecule has 2 atom stereocenters. The van der Waals surface area contributed by atoms with Crippen molar-refractivity contribution in [1.82, 2.24) is 0 Å². The summed E-state index contributed by atoms with van der Waals surface area (Å²) in [4.78, 5) is 10.5. The van der Waals surface area contributed by atoms with Crippen LogP contribution in [0.1, 0.15) is 19.8 Å². The van der Waals surface area contributed by atoms with Crippen LogP contribution < -0.4 is 0 Å². The lowest BCUT2D eigenvalue weighted by molar-refractivity contribution is -0.141. The summed E-state index contributed by atoms with van der Waals surface area (Å²) in [5, 5.41) is 8.72. The minimum Gasteiger partial charge on any atom is -0.466 e. The van der Waals surface area contributed by atoms with Crippen molar-refractivity contribution in [2.24, 2.45) is 5.92 Å². The summed E-state index contributed by atoms with van der Waals surface area (Å²) in [6.07, 6.45) is 5.53. The molecule has 0 radical (unpaired) electrons. The van der Waals surface area contributed by atoms with Crippen LogP contribution in [0.2, 0.25) is 0 Å². The largest absolute Gasteiger partial charge is 0.466 e. The van der Waals surface area contributed by atoms with Crippen LogP contribution in [0.5, 0.6) is 0 Å². The second kappa shape index (κ2) is 6.58. The van der Waals surface area contributed by atoms with Crippen LogP contribution in [0, 0.1) is 5.92 Å². The third kappa shape index (κ3) is 4.95. The van der Waals surface area contributed by atoms with Gasteiger partial charge in [-0.1, -0.05) is 12.2 Å². The standard InChI is InChI=1S/C11H18O4/c1-9(13)14-7-5-10-2-3-11(4-6-12)15-8-10/h2-3,10-12H,4-8H2,1H3/t10-,11+/m0/s1. The normalized spacial score (nSPS) is 25.2. The molecule has 0 unspecified atom stereocenters. The van der Waals surface area contributed by atoms with E-state index in [1.54, 1.807) is 0 Å². The van der Waals surface area contributed by atoms with Crippen LogP contribution in [0.15, 0.2) is 12.2 Å². The Morgan fingerprint density at radius 2 is 2.33 bits per heavy atom. The van der Waals surface area contributed by atoms with E-state index in [0.717, 1.165) is 6.42 Å². The lowest BCUT2D eigenvalue weighted by Crippen LogP contribution is -2.23. The Labute approximate surface area is 89.9 Å². The third-order valence-electron chi connectivity index (χ3n) is 2.33. The Bertz CT molecular complexity index is 225. The highest BCUT2D eigenvalue weighted by Gasteiger charge is 2.15. The Balaban J connectivity index is 2.18. The number of rotatable bonds is 5. The van der Waals surface area contributed by atoms with Gasteiger partial charge in [0.15, 0.2) is 0 Å². The molecule has 0 saturated carbocycles. The van der Waals surface area contributed by atoms with E-state index in [1.165, 1.54) is 6.92 Å². The number of carbonyl (C=O) groups is 1. The van der Waals surface area contributed by atoms with Crippen LogP contribution in [-0.2, 0) is 14.3 Å². The van der Waals surface area contributed by atoms with Crippen LogP contribution in [0.4, 0.5) is 0 Å². The van der Waals surface area contributed by atoms with Crippen molar-refractivity contribution in [1.29, 1.82) is 0 Å². The first-order valence-electron chi connectivity index (χ1n) is 5.26. The van der Waals surface area contributed by atoms with E-state index in [1.807, 2.05) is 6.08 Å². The zero-order valence-corrected chi connectivity index (χ0v) is 9.02. The van der Waals surface area contributed by atoms with E-state index in [-0.39, 0.29) is 18.7 Å². The van der Waals surface area contributed by atoms with Gasteiger partial charge < -0.3 is 14.6 Å². The molecule has 0 aromatic heterocycles. The molecular formula is C11H18O4. The number of ether oxygens (including phenoxy) is 2. The third-order valence-corrected chi connectivity index (χ3v) is 2.33. The summed E-state index contributed by atoms with van der Waals surface area (Å²) in [5.41, 5.74) is 0. The van der Waals surface area contributed by atoms with Gasteiger partial charge in [-0.25, -0.2) is 0 Å². The predicted octanol–water partition coefficient (Wildman–Crippen LogP) is 0.893. The minimum absolute atomic E-state index is 0.0416. The van der Waals surface area contributed by atoms with Gasteiger partial charge in [-0.2, -0.15) is 0 Å². The van der Waals surface area contributed by atoms with E-state index >= 15 is 0 Å². The van der Waals surface area contributed by atoms with Crippen molar-refractivity contribution in [3.05, 3.63) is 12.2 Å². The van der Waals surface area contributed by atoms with E-state index in [9.17, 15) is 4.79 Å². The maximum atomic E-state index is 10.5. The molecule has 0 spiro atoms. The van der Waals surface area contributed by atoms with Gasteiger partial charge in [0.05, 0.1) is 19.3 Å². The fraction of sp³-hybridized carbons (Fsp3) is 0.727. The molecule has 4 heteroatoms. The van der Waals surface area contributed by atoms with E-state index in [0.29, 0.717) is 25.6 Å². The summed E-state index contributed by atoms with van der Waals surface area (Å²) in [5.74, 6) is 0.0770. The molecule has 0 fully saturated rings. The first-order chi connectivity index (χ1) is 7.22. The highest BCUT2D eigenvalue weighted by molar-refractivity contribution is 5.65. The summed E-state index contributed by atoms with van der Waals surface area (Å²) in [6, 6.07) is 0. The van der Waals surface area contributed by atoms with E-state index in [4.69, 9.17) is 14.6 Å². The molecular weight excluding hydrogens is 196 g/mol. The molecule has 1 heterocycles. The molecule has 0 aromatic carbocycles. The maximum Gasteiger partial charge on any atom is 0.302 e. The molecule has 1 N–H and O–H groups in total. The Kier molecular flexibility index (Phi) is 5.36. The number of hydrogen-bond acceptors (Lipinski definition) is 4. The van der Waals surface area contributed by atoms with Gasteiger partial charge in [-0.15, -0.1) is 0 Å². The maximum absolute atomic E-state index is 10.5. The van der Waals surface area contributed by atoms with Gasteiger partial charge in [0.1, 0.15) is 0 Å². The predicted molar refractivity (Wildman–Crippen MR) is 55.3 cm³/mol. The fourth-order valence-electron chi connectivity index (χ4n) is 1.48. The molecule has 1 aliphatic heterocycles. The molecule has 15 heavy (non-hydrogen) atoms. The fourth-order valence-corrected chi connectivity index (χ4v) is 1.48. The van der Waals surface area contributed by atoms with Gasteiger partial charge in [0.2, 0.25) is 0 Å². The number of aliphatic hydroxyl groups excluding tert-OH is 1. The Hall–Kier alpha value is -0.870. The monoisotopic (exact) mass is 214 g/mol. The van der Waals surface area contributed by atoms with Crippen molar-refractivity contribution in [2.75, 3.05) is 19.8 Å². The number of esters is 1. The summed E-state index contributed by atoms with van der Waals surface area (Å²) >= 11 is 0. The van der Waals surface area contributed by atoms with Gasteiger partial charge >= 0.3 is 5.97 Å². The smallest absolute Gasteiger partial charge is 0.302 e. The molecule has 1 aliphatic rings. The topological polar surface area (TPSA) is 55.8 Å². The Morgan fingerprint density at radius 3 is 2.87 bits per heavy atom. The summed E-state index contributed by atoms with van der Waals surface area (Å²) < 4.78 is 10.4. The summed E-state index contributed by atoms with van der Waals surface area (Å²) in [7, 11) is 0. The molecule has 0 amide bonds. The SMILES string of the molecule is CC(=O)OCC[C@@H]1C=C[C@H](CCO)OC1. The number of carbonyl (C=O) groups excluding carboxylic acids is 1. The molecule has 1 rings (SSSR count). The molecule has 4 nitrogen and oxygen atoms in total. The lowest BCUT2D eigenvalue weighted by atomic mass is 10.0. The van der Waals surface area contributed by atoms with Crippen LogP contribution in [0.3, 0.4) is 0 Å². The number of aliphatic hydroxyl groups is 1. The highest BCUT2D eigenvalue weighted by Crippen LogP contribution is 2.16. The van der Waals surface area contributed by atoms with Crippen molar-refractivity contribution in [3.63, 3.8) is 0 Å². The zero-order chi connectivity index (χ0) is 11.1. The van der Waals surface area contributed by atoms with Crippen molar-refractivity contribution >= 4 is 5.97 Å². The van der Waals surface area contributed by atoms with Gasteiger partial charge in [0, 0.05) is 25.9 Å². The van der Waals surface area contributed by atoms with Gasteiger partial charge in [0.25, 0.3) is 0 Å².